The molecular formula is C23H28N2O4. The van der Waals surface area contributed by atoms with Crippen molar-refractivity contribution in [1.29, 1.82) is 0 Å². The molecule has 1 unspecified atom stereocenters. The third-order valence-corrected chi connectivity index (χ3v) is 5.28. The lowest BCUT2D eigenvalue weighted by molar-refractivity contribution is -0.128. The van der Waals surface area contributed by atoms with Crippen molar-refractivity contribution in [2.45, 2.75) is 38.8 Å². The molecule has 29 heavy (non-hydrogen) atoms. The van der Waals surface area contributed by atoms with E-state index in [4.69, 9.17) is 9.47 Å². The topological polar surface area (TPSA) is 67.9 Å². The molecule has 1 fully saturated rings. The number of rotatable bonds is 8. The maximum Gasteiger partial charge on any atom is 0.251 e. The Balaban J connectivity index is 1.67. The number of hydrogen-bond acceptors (Lipinski definition) is 4. The third kappa shape index (κ3) is 4.88. The molecule has 2 amide bonds. The monoisotopic (exact) mass is 396 g/mol. The molecule has 1 N–H and O–H groups in total. The zero-order chi connectivity index (χ0) is 20.8. The highest BCUT2D eigenvalue weighted by molar-refractivity contribution is 5.94. The van der Waals surface area contributed by atoms with Crippen molar-refractivity contribution >= 4 is 11.8 Å². The average Bonchev–Trinajstić information content (AvgIpc) is 3.16. The average molecular weight is 396 g/mol. The number of nitrogens with zero attached hydrogens (tertiary/aromatic N) is 1. The van der Waals surface area contributed by atoms with E-state index in [1.165, 1.54) is 0 Å². The molecule has 1 aliphatic rings. The van der Waals surface area contributed by atoms with Gasteiger partial charge in [0.15, 0.2) is 11.5 Å². The van der Waals surface area contributed by atoms with Gasteiger partial charge in [-0.2, -0.15) is 0 Å². The van der Waals surface area contributed by atoms with Crippen molar-refractivity contribution in [2.24, 2.45) is 0 Å². The molecule has 6 nitrogen and oxygen atoms in total. The first-order valence-corrected chi connectivity index (χ1v) is 9.95. The minimum Gasteiger partial charge on any atom is -0.493 e. The van der Waals surface area contributed by atoms with E-state index in [9.17, 15) is 9.59 Å². The van der Waals surface area contributed by atoms with E-state index in [-0.39, 0.29) is 17.9 Å². The molecule has 3 rings (SSSR count). The number of likely N-dealkylation sites (tertiary alicyclic amines) is 1. The van der Waals surface area contributed by atoms with Gasteiger partial charge in [-0.15, -0.1) is 0 Å². The molecule has 154 valence electrons. The molecule has 1 atom stereocenters. The number of ether oxygens (including phenoxy) is 2. The Bertz CT molecular complexity index is 864. The molecule has 2 aromatic rings. The Morgan fingerprint density at radius 2 is 1.83 bits per heavy atom. The van der Waals surface area contributed by atoms with Crippen molar-refractivity contribution in [3.63, 3.8) is 0 Å². The van der Waals surface area contributed by atoms with Gasteiger partial charge in [-0.3, -0.25) is 9.59 Å². The number of methoxy groups -OCH3 is 2. The van der Waals surface area contributed by atoms with Crippen molar-refractivity contribution in [2.75, 3.05) is 20.8 Å². The summed E-state index contributed by atoms with van der Waals surface area (Å²) in [6, 6.07) is 13.0. The minimum atomic E-state index is -0.135. The van der Waals surface area contributed by atoms with Crippen LogP contribution in [0.2, 0.25) is 0 Å². The lowest BCUT2D eigenvalue weighted by Gasteiger charge is -2.19. The van der Waals surface area contributed by atoms with Crippen LogP contribution in [0.25, 0.3) is 0 Å². The quantitative estimate of drug-likeness (QED) is 0.739. The van der Waals surface area contributed by atoms with Gasteiger partial charge in [0.05, 0.1) is 20.3 Å². The maximum absolute atomic E-state index is 12.7. The van der Waals surface area contributed by atoms with Crippen molar-refractivity contribution < 1.29 is 19.1 Å². The summed E-state index contributed by atoms with van der Waals surface area (Å²) in [5.74, 6) is 1.37. The van der Waals surface area contributed by atoms with Gasteiger partial charge in [-0.25, -0.2) is 0 Å². The molecule has 6 heteroatoms. The fourth-order valence-corrected chi connectivity index (χ4v) is 3.59. The van der Waals surface area contributed by atoms with E-state index in [2.05, 4.69) is 5.32 Å². The van der Waals surface area contributed by atoms with Gasteiger partial charge in [0.1, 0.15) is 0 Å². The second-order valence-electron chi connectivity index (χ2n) is 7.16. The molecule has 1 aliphatic heterocycles. The predicted octanol–water partition coefficient (Wildman–Crippen LogP) is 3.71. The molecule has 0 bridgehead atoms. The predicted molar refractivity (Wildman–Crippen MR) is 111 cm³/mol. The summed E-state index contributed by atoms with van der Waals surface area (Å²) < 4.78 is 10.7. The first-order valence-electron chi connectivity index (χ1n) is 9.95. The Labute approximate surface area is 171 Å². The van der Waals surface area contributed by atoms with Crippen LogP contribution in [0, 0.1) is 0 Å². The van der Waals surface area contributed by atoms with Crippen LogP contribution >= 0.6 is 0 Å². The molecule has 2 aromatic carbocycles. The standard InChI is InChI=1S/C23H28N2O4/c1-4-19(18-11-12-20(28-2)21(14-18)29-3)24-23(27)17-9-7-16(8-10-17)15-25-13-5-6-22(25)26/h7-12,14,19H,4-6,13,15H2,1-3H3,(H,24,27). The van der Waals surface area contributed by atoms with Gasteiger partial charge in [-0.1, -0.05) is 25.1 Å². The zero-order valence-corrected chi connectivity index (χ0v) is 17.2. The second kappa shape index (κ2) is 9.45. The number of carbonyl (C=O) groups excluding carboxylic acids is 2. The first kappa shape index (κ1) is 20.7. The summed E-state index contributed by atoms with van der Waals surface area (Å²) in [5, 5.41) is 3.09. The number of nitrogens with one attached hydrogen (secondary N) is 1. The van der Waals surface area contributed by atoms with Crippen LogP contribution in [0.3, 0.4) is 0 Å². The van der Waals surface area contributed by atoms with Crippen molar-refractivity contribution in [3.8, 4) is 11.5 Å². The van der Waals surface area contributed by atoms with Crippen molar-refractivity contribution in [3.05, 3.63) is 59.2 Å². The Kier molecular flexibility index (Phi) is 6.75. The third-order valence-electron chi connectivity index (χ3n) is 5.28. The van der Waals surface area contributed by atoms with Gasteiger partial charge in [0, 0.05) is 25.1 Å². The van der Waals surface area contributed by atoms with Crippen LogP contribution in [0.1, 0.15) is 53.7 Å². The Morgan fingerprint density at radius 1 is 1.10 bits per heavy atom. The van der Waals surface area contributed by atoms with E-state index < -0.39 is 0 Å². The highest BCUT2D eigenvalue weighted by Crippen LogP contribution is 2.31. The van der Waals surface area contributed by atoms with Crippen molar-refractivity contribution in [1.82, 2.24) is 10.2 Å². The number of benzene rings is 2. The summed E-state index contributed by atoms with van der Waals surface area (Å²) in [6.45, 7) is 3.44. The first-order chi connectivity index (χ1) is 14.0. The lowest BCUT2D eigenvalue weighted by Crippen LogP contribution is -2.28. The molecule has 0 radical (unpaired) electrons. The summed E-state index contributed by atoms with van der Waals surface area (Å²) in [5.41, 5.74) is 2.59. The SMILES string of the molecule is CCC(NC(=O)c1ccc(CN2CCCC2=O)cc1)c1ccc(OC)c(OC)c1. The molecule has 0 aliphatic carbocycles. The van der Waals surface area contributed by atoms with E-state index >= 15 is 0 Å². The molecule has 0 aromatic heterocycles. The van der Waals surface area contributed by atoms with Crippen LogP contribution < -0.4 is 14.8 Å². The largest absolute Gasteiger partial charge is 0.493 e. The summed E-state index contributed by atoms with van der Waals surface area (Å²) >= 11 is 0. The Hall–Kier alpha value is -3.02. The highest BCUT2D eigenvalue weighted by atomic mass is 16.5. The van der Waals surface area contributed by atoms with Gasteiger partial charge < -0.3 is 19.7 Å². The maximum atomic E-state index is 12.7. The fourth-order valence-electron chi connectivity index (χ4n) is 3.59. The summed E-state index contributed by atoms with van der Waals surface area (Å²) in [6.07, 6.45) is 2.30. The second-order valence-corrected chi connectivity index (χ2v) is 7.16. The van der Waals surface area contributed by atoms with E-state index in [0.717, 1.165) is 30.5 Å². The van der Waals surface area contributed by atoms with E-state index in [1.54, 1.807) is 14.2 Å². The number of hydrogen-bond donors (Lipinski definition) is 1. The van der Waals surface area contributed by atoms with Crippen LogP contribution in [-0.2, 0) is 11.3 Å². The van der Waals surface area contributed by atoms with Crippen LogP contribution in [0.15, 0.2) is 42.5 Å². The molecule has 0 spiro atoms. The van der Waals surface area contributed by atoms with Crippen LogP contribution in [0.5, 0.6) is 11.5 Å². The van der Waals surface area contributed by atoms with E-state index in [1.807, 2.05) is 54.3 Å². The molecular weight excluding hydrogens is 368 g/mol. The Morgan fingerprint density at radius 3 is 2.41 bits per heavy atom. The summed E-state index contributed by atoms with van der Waals surface area (Å²) in [4.78, 5) is 26.4. The lowest BCUT2D eigenvalue weighted by atomic mass is 10.0. The van der Waals surface area contributed by atoms with E-state index in [0.29, 0.717) is 30.0 Å². The number of carbonyl (C=O) groups is 2. The normalized spacial score (nSPS) is 14.6. The molecule has 0 saturated carbocycles. The smallest absolute Gasteiger partial charge is 0.251 e. The molecule has 1 heterocycles. The highest BCUT2D eigenvalue weighted by Gasteiger charge is 2.20. The summed E-state index contributed by atoms with van der Waals surface area (Å²) in [7, 11) is 3.19. The van der Waals surface area contributed by atoms with Gasteiger partial charge in [-0.05, 0) is 48.2 Å². The van der Waals surface area contributed by atoms with Gasteiger partial charge in [0.25, 0.3) is 5.91 Å². The molecule has 1 saturated heterocycles. The fraction of sp³-hybridized carbons (Fsp3) is 0.391. The van der Waals surface area contributed by atoms with Gasteiger partial charge >= 0.3 is 0 Å². The minimum absolute atomic E-state index is 0.129. The zero-order valence-electron chi connectivity index (χ0n) is 17.2. The van der Waals surface area contributed by atoms with Crippen LogP contribution in [-0.4, -0.2) is 37.5 Å². The number of amides is 2. The van der Waals surface area contributed by atoms with Gasteiger partial charge in [0.2, 0.25) is 5.91 Å². The van der Waals surface area contributed by atoms with Crippen LogP contribution in [0.4, 0.5) is 0 Å².